The van der Waals surface area contributed by atoms with E-state index in [0.29, 0.717) is 50.0 Å². The molecule has 7 aromatic rings. The molecule has 0 unspecified atom stereocenters. The number of hydrogen-bond acceptors (Lipinski definition) is 12. The summed E-state index contributed by atoms with van der Waals surface area (Å²) in [5.41, 5.74) is 6.52. The Hall–Kier alpha value is -7.08. The van der Waals surface area contributed by atoms with E-state index >= 15 is 0 Å². The van der Waals surface area contributed by atoms with E-state index in [0.717, 1.165) is 59.6 Å². The average Bonchev–Trinajstić information content (AvgIpc) is 3.32. The van der Waals surface area contributed by atoms with Gasteiger partial charge in [0.15, 0.2) is 0 Å². The molecule has 2 aromatic heterocycles. The molecule has 2 heterocycles. The highest BCUT2D eigenvalue weighted by Crippen LogP contribution is 2.25. The van der Waals surface area contributed by atoms with Crippen molar-refractivity contribution in [3.63, 3.8) is 0 Å². The minimum Gasteiger partial charge on any atom is -0.458 e. The van der Waals surface area contributed by atoms with Crippen LogP contribution >= 0.6 is 0 Å². The first-order chi connectivity index (χ1) is 30.5. The fraction of sp³-hybridized carbons (Fsp3) is 0.280. The molecule has 0 spiro atoms. The number of anilines is 4. The van der Waals surface area contributed by atoms with Gasteiger partial charge >= 0.3 is 12.0 Å². The molecule has 0 fully saturated rings. The maximum absolute atomic E-state index is 6.39. The van der Waals surface area contributed by atoms with Crippen molar-refractivity contribution in [1.82, 2.24) is 29.9 Å². The van der Waals surface area contributed by atoms with Crippen LogP contribution in [0.1, 0.15) is 61.1 Å². The molecule has 7 rings (SSSR count). The molecule has 318 valence electrons. The smallest absolute Gasteiger partial charge is 0.323 e. The fourth-order valence-corrected chi connectivity index (χ4v) is 7.09. The third-order valence-corrected chi connectivity index (χ3v) is 10.4. The molecular formula is C50H56N10O2. The van der Waals surface area contributed by atoms with Crippen molar-refractivity contribution in [2.45, 2.75) is 67.1 Å². The van der Waals surface area contributed by atoms with Crippen molar-refractivity contribution in [3.05, 3.63) is 179 Å². The van der Waals surface area contributed by atoms with Crippen LogP contribution in [0.2, 0.25) is 0 Å². The molecule has 0 aliphatic heterocycles. The molecule has 0 aliphatic carbocycles. The Kier molecular flexibility index (Phi) is 15.2. The Morgan fingerprint density at radius 2 is 0.597 bits per heavy atom. The molecule has 0 N–H and O–H groups in total. The Morgan fingerprint density at radius 3 is 0.887 bits per heavy atom. The van der Waals surface area contributed by atoms with Gasteiger partial charge < -0.3 is 29.1 Å². The Bertz CT molecular complexity index is 2150. The predicted molar refractivity (Wildman–Crippen MR) is 247 cm³/mol. The standard InChI is InChI=1S/C50H56N10O2/c1-5-57(6-2)45-51-47(59(33-39-22-13-9-14-23-39)34-40-24-15-10-16-25-40)55-49(53-45)61-37-43-30-21-31-44(32-43)38-62-50-54-46(58(7-3)8-4)52-48(56-50)60(35-41-26-17-11-18-27-41)36-42-28-19-12-20-29-42/h9-32H,5-8,33-38H2,1-4H3. The third kappa shape index (κ3) is 12.0. The molecule has 0 saturated carbocycles. The molecule has 0 aliphatic rings. The summed E-state index contributed by atoms with van der Waals surface area (Å²) >= 11 is 0. The lowest BCUT2D eigenvalue weighted by atomic mass is 10.1. The van der Waals surface area contributed by atoms with Crippen LogP contribution in [0.3, 0.4) is 0 Å². The molecular weight excluding hydrogens is 773 g/mol. The van der Waals surface area contributed by atoms with Crippen LogP contribution in [0.4, 0.5) is 23.8 Å². The van der Waals surface area contributed by atoms with Gasteiger partial charge in [-0.1, -0.05) is 140 Å². The number of benzene rings is 5. The van der Waals surface area contributed by atoms with Crippen LogP contribution in [-0.2, 0) is 39.4 Å². The van der Waals surface area contributed by atoms with Crippen LogP contribution in [0, 0.1) is 0 Å². The number of hydrogen-bond donors (Lipinski definition) is 0. The highest BCUT2D eigenvalue weighted by Gasteiger charge is 2.20. The van der Waals surface area contributed by atoms with Crippen LogP contribution < -0.4 is 29.1 Å². The average molecular weight is 829 g/mol. The number of aromatic nitrogens is 6. The monoisotopic (exact) mass is 828 g/mol. The van der Waals surface area contributed by atoms with E-state index in [9.17, 15) is 0 Å². The number of nitrogens with zero attached hydrogens (tertiary/aromatic N) is 10. The Morgan fingerprint density at radius 1 is 0.323 bits per heavy atom. The lowest BCUT2D eigenvalue weighted by Crippen LogP contribution is -2.28. The molecule has 0 amide bonds. The molecule has 5 aromatic carbocycles. The van der Waals surface area contributed by atoms with Gasteiger partial charge in [0, 0.05) is 52.4 Å². The van der Waals surface area contributed by atoms with Crippen LogP contribution in [0.15, 0.2) is 146 Å². The zero-order valence-electron chi connectivity index (χ0n) is 36.2. The second-order valence-corrected chi connectivity index (χ2v) is 14.8. The van der Waals surface area contributed by atoms with Gasteiger partial charge in [-0.05, 0) is 67.1 Å². The topological polar surface area (TPSA) is 109 Å². The second kappa shape index (κ2) is 22.0. The van der Waals surface area contributed by atoms with Crippen LogP contribution in [0.25, 0.3) is 0 Å². The van der Waals surface area contributed by atoms with Gasteiger partial charge in [-0.3, -0.25) is 0 Å². The van der Waals surface area contributed by atoms with Gasteiger partial charge in [0.1, 0.15) is 13.2 Å². The Balaban J connectivity index is 1.11. The molecule has 0 saturated heterocycles. The quantitative estimate of drug-likeness (QED) is 0.0650. The zero-order valence-corrected chi connectivity index (χ0v) is 36.2. The molecule has 0 radical (unpaired) electrons. The van der Waals surface area contributed by atoms with Crippen molar-refractivity contribution in [1.29, 1.82) is 0 Å². The van der Waals surface area contributed by atoms with Gasteiger partial charge in [0.25, 0.3) is 0 Å². The number of ether oxygens (including phenoxy) is 2. The minimum absolute atomic E-state index is 0.252. The summed E-state index contributed by atoms with van der Waals surface area (Å²) in [6, 6.07) is 50.1. The highest BCUT2D eigenvalue weighted by molar-refractivity contribution is 5.44. The molecule has 62 heavy (non-hydrogen) atoms. The summed E-state index contributed by atoms with van der Waals surface area (Å²) in [6.07, 6.45) is 0. The maximum Gasteiger partial charge on any atom is 0.323 e. The summed E-state index contributed by atoms with van der Waals surface area (Å²) in [4.78, 5) is 37.9. The van der Waals surface area contributed by atoms with E-state index in [2.05, 4.69) is 150 Å². The first kappa shape index (κ1) is 43.0. The molecule has 0 atom stereocenters. The van der Waals surface area contributed by atoms with E-state index in [1.54, 1.807) is 0 Å². The van der Waals surface area contributed by atoms with Gasteiger partial charge in [-0.2, -0.15) is 29.9 Å². The van der Waals surface area contributed by atoms with Crippen molar-refractivity contribution in [2.75, 3.05) is 45.8 Å². The first-order valence-electron chi connectivity index (χ1n) is 21.5. The molecule has 12 heteroatoms. The SMILES string of the molecule is CCN(CC)c1nc(OCc2cccc(COc3nc(N(CC)CC)nc(N(Cc4ccccc4)Cc4ccccc4)n3)c2)nc(N(Cc2ccccc2)Cc2ccccc2)n1. The predicted octanol–water partition coefficient (Wildman–Crippen LogP) is 9.32. The van der Waals surface area contributed by atoms with Crippen LogP contribution in [0.5, 0.6) is 12.0 Å². The first-order valence-corrected chi connectivity index (χ1v) is 21.5. The van der Waals surface area contributed by atoms with Crippen molar-refractivity contribution in [3.8, 4) is 12.0 Å². The largest absolute Gasteiger partial charge is 0.458 e. The zero-order chi connectivity index (χ0) is 42.9. The molecule has 0 bridgehead atoms. The third-order valence-electron chi connectivity index (χ3n) is 10.4. The minimum atomic E-state index is 0.252. The Labute approximate surface area is 365 Å². The summed E-state index contributed by atoms with van der Waals surface area (Å²) in [7, 11) is 0. The normalized spacial score (nSPS) is 10.9. The van der Waals surface area contributed by atoms with E-state index in [4.69, 9.17) is 39.4 Å². The van der Waals surface area contributed by atoms with Gasteiger partial charge in [-0.25, -0.2) is 0 Å². The summed E-state index contributed by atoms with van der Waals surface area (Å²) < 4.78 is 12.8. The van der Waals surface area contributed by atoms with Gasteiger partial charge in [-0.15, -0.1) is 0 Å². The summed E-state index contributed by atoms with van der Waals surface area (Å²) in [5, 5.41) is 0. The van der Waals surface area contributed by atoms with E-state index in [-0.39, 0.29) is 25.2 Å². The fourth-order valence-electron chi connectivity index (χ4n) is 7.09. The van der Waals surface area contributed by atoms with E-state index in [1.165, 1.54) is 0 Å². The van der Waals surface area contributed by atoms with Gasteiger partial charge in [0.2, 0.25) is 23.8 Å². The summed E-state index contributed by atoms with van der Waals surface area (Å²) in [5.74, 6) is 2.27. The van der Waals surface area contributed by atoms with Crippen molar-refractivity contribution >= 4 is 23.8 Å². The van der Waals surface area contributed by atoms with Crippen molar-refractivity contribution in [2.24, 2.45) is 0 Å². The van der Waals surface area contributed by atoms with E-state index < -0.39 is 0 Å². The second-order valence-electron chi connectivity index (χ2n) is 14.8. The number of rotatable bonds is 22. The highest BCUT2D eigenvalue weighted by atomic mass is 16.5. The maximum atomic E-state index is 6.39. The van der Waals surface area contributed by atoms with Gasteiger partial charge in [0.05, 0.1) is 0 Å². The lowest BCUT2D eigenvalue weighted by Gasteiger charge is -2.26. The lowest BCUT2D eigenvalue weighted by molar-refractivity contribution is 0.274. The van der Waals surface area contributed by atoms with E-state index in [1.807, 2.05) is 42.5 Å². The van der Waals surface area contributed by atoms with Crippen molar-refractivity contribution < 1.29 is 9.47 Å². The van der Waals surface area contributed by atoms with Crippen LogP contribution in [-0.4, -0.2) is 56.1 Å². The summed E-state index contributed by atoms with van der Waals surface area (Å²) in [6.45, 7) is 14.4. The molecule has 12 nitrogen and oxygen atoms in total.